The van der Waals surface area contributed by atoms with Crippen molar-refractivity contribution in [3.05, 3.63) is 40.6 Å². The second-order valence-electron chi connectivity index (χ2n) is 13.9. The van der Waals surface area contributed by atoms with Crippen molar-refractivity contribution >= 4 is 48.1 Å². The number of amides is 1. The zero-order valence-electron chi connectivity index (χ0n) is 27.1. The number of alkyl halides is 3. The Morgan fingerprint density at radius 3 is 2.55 bits per heavy atom. The second kappa shape index (κ2) is 13.4. The van der Waals surface area contributed by atoms with Crippen LogP contribution >= 0.6 is 11.6 Å². The molecule has 0 bridgehead atoms. The molecular weight excluding hydrogens is 660 g/mol. The molecule has 1 saturated carbocycles. The Kier molecular flexibility index (Phi) is 10.0. The number of methoxy groups -OCH3 is 1. The molecule has 16 heteroatoms. The van der Waals surface area contributed by atoms with Crippen molar-refractivity contribution < 1.29 is 36.6 Å². The number of rotatable bonds is 13. The van der Waals surface area contributed by atoms with Gasteiger partial charge in [-0.25, -0.2) is 9.37 Å². The molecule has 2 fully saturated rings. The van der Waals surface area contributed by atoms with Gasteiger partial charge in [-0.05, 0) is 43.5 Å². The second-order valence-corrected chi connectivity index (χ2v) is 19.8. The Labute approximate surface area is 276 Å². The lowest BCUT2D eigenvalue weighted by molar-refractivity contribution is -0.136. The maximum Gasteiger partial charge on any atom is 0.418 e. The summed E-state index contributed by atoms with van der Waals surface area (Å²) in [5, 5.41) is 2.57. The predicted octanol–water partition coefficient (Wildman–Crippen LogP) is 6.66. The summed E-state index contributed by atoms with van der Waals surface area (Å²) in [6.07, 6.45) is -1.48. The molecule has 1 spiro atoms. The number of aromatic nitrogens is 3. The van der Waals surface area contributed by atoms with Gasteiger partial charge in [-0.15, -0.1) is 0 Å². The Hall–Kier alpha value is -3.14. The van der Waals surface area contributed by atoms with Crippen LogP contribution < -0.4 is 15.8 Å². The molecule has 1 unspecified atom stereocenters. The highest BCUT2D eigenvalue weighted by molar-refractivity contribution is 6.76. The SMILES string of the molecule is COC1CC2(C1)CN(C(=O)c1cc(OCCC(C)Nc3nc(Cl)nc4c3c(C(F)(F)F)cn4COCC[Si](C)(C)C)c(N)cc1F)C2. The van der Waals surface area contributed by atoms with E-state index in [2.05, 4.69) is 34.9 Å². The molecule has 0 radical (unpaired) electrons. The van der Waals surface area contributed by atoms with Crippen molar-refractivity contribution in [1.29, 1.82) is 0 Å². The number of hydrogen-bond acceptors (Lipinski definition) is 8. The van der Waals surface area contributed by atoms with Crippen molar-refractivity contribution in [3.8, 4) is 5.75 Å². The van der Waals surface area contributed by atoms with Gasteiger partial charge in [-0.3, -0.25) is 4.79 Å². The van der Waals surface area contributed by atoms with E-state index < -0.39 is 37.6 Å². The maximum atomic E-state index is 14.8. The molecule has 1 aliphatic carbocycles. The minimum atomic E-state index is -4.68. The molecular formula is C31H41ClF4N6O4Si. The van der Waals surface area contributed by atoms with E-state index in [0.29, 0.717) is 26.1 Å². The van der Waals surface area contributed by atoms with Crippen LogP contribution in [0.3, 0.4) is 0 Å². The number of nitrogens with one attached hydrogen (secondary N) is 1. The number of nitrogens with two attached hydrogens (primary N) is 1. The smallest absolute Gasteiger partial charge is 0.418 e. The van der Waals surface area contributed by atoms with Gasteiger partial charge in [0.1, 0.15) is 29.8 Å². The van der Waals surface area contributed by atoms with Crippen LogP contribution in [0.5, 0.6) is 5.75 Å². The molecule has 2 aromatic heterocycles. The summed E-state index contributed by atoms with van der Waals surface area (Å²) >= 11 is 6.16. The number of halogens is 5. The quantitative estimate of drug-likeness (QED) is 0.0669. The minimum Gasteiger partial charge on any atom is -0.491 e. The Morgan fingerprint density at radius 2 is 1.91 bits per heavy atom. The van der Waals surface area contributed by atoms with Crippen LogP contribution in [0.25, 0.3) is 11.0 Å². The lowest BCUT2D eigenvalue weighted by Gasteiger charge is -2.58. The van der Waals surface area contributed by atoms with E-state index in [1.807, 2.05) is 0 Å². The predicted molar refractivity (Wildman–Crippen MR) is 174 cm³/mol. The number of anilines is 2. The van der Waals surface area contributed by atoms with Crippen molar-refractivity contribution in [2.24, 2.45) is 5.41 Å². The highest BCUT2D eigenvalue weighted by Gasteiger charge is 2.54. The summed E-state index contributed by atoms with van der Waals surface area (Å²) in [5.74, 6) is -1.12. The van der Waals surface area contributed by atoms with Crippen LogP contribution in [0.4, 0.5) is 29.1 Å². The molecule has 47 heavy (non-hydrogen) atoms. The van der Waals surface area contributed by atoms with Gasteiger partial charge < -0.3 is 34.7 Å². The molecule has 3 aromatic rings. The Bertz CT molecular complexity index is 1620. The van der Waals surface area contributed by atoms with E-state index in [9.17, 15) is 22.4 Å². The van der Waals surface area contributed by atoms with Crippen molar-refractivity contribution in [1.82, 2.24) is 19.4 Å². The van der Waals surface area contributed by atoms with Gasteiger partial charge in [0.25, 0.3) is 5.91 Å². The summed E-state index contributed by atoms with van der Waals surface area (Å²) in [7, 11) is 0.274. The topological polar surface area (TPSA) is 117 Å². The van der Waals surface area contributed by atoms with Gasteiger partial charge >= 0.3 is 6.18 Å². The third-order valence-electron chi connectivity index (χ3n) is 8.74. The zero-order chi connectivity index (χ0) is 34.3. The van der Waals surface area contributed by atoms with Crippen LogP contribution in [0.2, 0.25) is 31.0 Å². The van der Waals surface area contributed by atoms with Crippen molar-refractivity contribution in [2.75, 3.05) is 44.5 Å². The average Bonchev–Trinajstić information content (AvgIpc) is 3.29. The van der Waals surface area contributed by atoms with Crippen LogP contribution in [-0.2, 0) is 22.4 Å². The number of nitrogen functional groups attached to an aromatic ring is 1. The fraction of sp³-hybridized carbons (Fsp3) is 0.581. The van der Waals surface area contributed by atoms with Crippen LogP contribution in [0.15, 0.2) is 18.3 Å². The summed E-state index contributed by atoms with van der Waals surface area (Å²) < 4.78 is 75.4. The fourth-order valence-corrected chi connectivity index (χ4v) is 6.96. The van der Waals surface area contributed by atoms with E-state index in [1.54, 1.807) is 18.9 Å². The fourth-order valence-electron chi connectivity index (χ4n) is 6.04. The van der Waals surface area contributed by atoms with Gasteiger partial charge in [0.15, 0.2) is 0 Å². The van der Waals surface area contributed by atoms with Gasteiger partial charge in [-0.1, -0.05) is 19.6 Å². The first-order valence-corrected chi connectivity index (χ1v) is 19.6. The zero-order valence-corrected chi connectivity index (χ0v) is 28.9. The van der Waals surface area contributed by atoms with Gasteiger partial charge in [0.05, 0.1) is 34.9 Å². The molecule has 3 N–H and O–H groups in total. The number of likely N-dealkylation sites (tertiary alicyclic amines) is 1. The lowest BCUT2D eigenvalue weighted by Crippen LogP contribution is -2.65. The standard InChI is InChI=1S/C31H41ClF4N6O4Si/c1-18(6-7-46-24-10-20(22(33)11-23(24)37)28(43)42-15-30(16-42)12-19(13-30)44-2)38-26-25-21(31(34,35)36)14-41(27(25)40-29(32)39-26)17-45-8-9-47(3,4)5/h10-11,14,18-19H,6-9,12-13,15-17,37H2,1-5H3,(H,38,39,40). The molecule has 1 atom stereocenters. The van der Waals surface area contributed by atoms with Crippen LogP contribution in [0.1, 0.15) is 42.1 Å². The normalized spacial score (nSPS) is 17.1. The van der Waals surface area contributed by atoms with E-state index >= 15 is 0 Å². The molecule has 1 aromatic carbocycles. The highest BCUT2D eigenvalue weighted by Crippen LogP contribution is 2.50. The monoisotopic (exact) mass is 700 g/mol. The summed E-state index contributed by atoms with van der Waals surface area (Å²) in [6, 6.07) is 2.77. The first-order valence-electron chi connectivity index (χ1n) is 15.5. The Morgan fingerprint density at radius 1 is 1.21 bits per heavy atom. The number of fused-ring (bicyclic) bond motifs is 1. The largest absolute Gasteiger partial charge is 0.491 e. The molecule has 1 aliphatic heterocycles. The number of nitrogens with zero attached hydrogens (tertiary/aromatic N) is 4. The van der Waals surface area contributed by atoms with E-state index in [1.165, 1.54) is 10.6 Å². The van der Waals surface area contributed by atoms with Gasteiger partial charge in [0.2, 0.25) is 5.28 Å². The van der Waals surface area contributed by atoms with Crippen LogP contribution in [-0.4, -0.2) is 79.0 Å². The number of carbonyl (C=O) groups is 1. The van der Waals surface area contributed by atoms with E-state index in [4.69, 9.17) is 31.5 Å². The van der Waals surface area contributed by atoms with Gasteiger partial charge in [0, 0.05) is 65.0 Å². The number of hydrogen-bond donors (Lipinski definition) is 2. The highest BCUT2D eigenvalue weighted by atomic mass is 35.5. The van der Waals surface area contributed by atoms with Crippen molar-refractivity contribution in [3.63, 3.8) is 0 Å². The van der Waals surface area contributed by atoms with Gasteiger partial charge in [-0.2, -0.15) is 18.2 Å². The number of benzene rings is 1. The van der Waals surface area contributed by atoms with E-state index in [0.717, 1.165) is 31.1 Å². The average molecular weight is 701 g/mol. The van der Waals surface area contributed by atoms with Crippen LogP contribution in [0, 0.1) is 11.2 Å². The third-order valence-corrected chi connectivity index (χ3v) is 10.6. The Balaban J connectivity index is 1.24. The summed E-state index contributed by atoms with van der Waals surface area (Å²) in [5.41, 5.74) is 5.01. The maximum absolute atomic E-state index is 14.8. The minimum absolute atomic E-state index is 0.00323. The molecule has 1 amide bonds. The first-order chi connectivity index (χ1) is 22.0. The molecule has 1 saturated heterocycles. The molecule has 258 valence electrons. The summed E-state index contributed by atoms with van der Waals surface area (Å²) in [4.78, 5) is 22.8. The van der Waals surface area contributed by atoms with E-state index in [-0.39, 0.29) is 64.0 Å². The molecule has 5 rings (SSSR count). The lowest BCUT2D eigenvalue weighted by atomic mass is 9.61. The molecule has 2 aliphatic rings. The number of carbonyl (C=O) groups excluding carboxylic acids is 1. The third kappa shape index (κ3) is 7.95. The van der Waals surface area contributed by atoms with Crippen molar-refractivity contribution in [2.45, 2.75) is 76.9 Å². The molecule has 3 heterocycles. The molecule has 10 nitrogen and oxygen atoms in total. The summed E-state index contributed by atoms with van der Waals surface area (Å²) in [6.45, 7) is 9.73. The first kappa shape index (κ1) is 35.2. The number of ether oxygens (including phenoxy) is 3.